The first kappa shape index (κ1) is 75.5. The molecule has 3 N–H and O–H groups in total. The number of aliphatic hydroxyl groups excluding tert-OH is 2. The van der Waals surface area contributed by atoms with Gasteiger partial charge in [0.1, 0.15) is 0 Å². The van der Waals surface area contributed by atoms with Crippen LogP contribution in [0.4, 0.5) is 0 Å². The maximum Gasteiger partial charge on any atom is 0.220 e. The van der Waals surface area contributed by atoms with Gasteiger partial charge in [-0.2, -0.15) is 0 Å². The van der Waals surface area contributed by atoms with E-state index in [-0.39, 0.29) is 12.5 Å². The summed E-state index contributed by atoms with van der Waals surface area (Å²) in [6.45, 7) is 4.25. The van der Waals surface area contributed by atoms with Crippen LogP contribution in [0.25, 0.3) is 0 Å². The monoisotopic (exact) mass is 1090 g/mol. The Balaban J connectivity index is 3.59. The molecule has 0 saturated heterocycles. The molecule has 4 nitrogen and oxygen atoms in total. The van der Waals surface area contributed by atoms with E-state index in [1.807, 2.05) is 0 Å². The van der Waals surface area contributed by atoms with Crippen molar-refractivity contribution < 1.29 is 15.0 Å². The highest BCUT2D eigenvalue weighted by molar-refractivity contribution is 5.76. The van der Waals surface area contributed by atoms with Gasteiger partial charge in [0.05, 0.1) is 18.8 Å². The van der Waals surface area contributed by atoms with Crippen LogP contribution in [0.1, 0.15) is 316 Å². The van der Waals surface area contributed by atoms with Gasteiger partial charge in [0.25, 0.3) is 0 Å². The zero-order valence-electron chi connectivity index (χ0n) is 52.1. The lowest BCUT2D eigenvalue weighted by Crippen LogP contribution is -2.45. The molecule has 0 rings (SSSR count). The van der Waals surface area contributed by atoms with Gasteiger partial charge in [-0.25, -0.2) is 0 Å². The fourth-order valence-corrected chi connectivity index (χ4v) is 9.84. The van der Waals surface area contributed by atoms with Gasteiger partial charge in [-0.1, -0.05) is 347 Å². The van der Waals surface area contributed by atoms with Crippen LogP contribution in [-0.2, 0) is 4.79 Å². The molecular weight excluding hydrogens is 963 g/mol. The Bertz CT molecular complexity index is 1570. The van der Waals surface area contributed by atoms with E-state index in [1.54, 1.807) is 0 Å². The number of rotatable bonds is 61. The molecule has 0 fully saturated rings. The molecule has 0 aromatic carbocycles. The van der Waals surface area contributed by atoms with E-state index in [0.717, 1.165) is 109 Å². The zero-order chi connectivity index (χ0) is 56.9. The quantitative estimate of drug-likeness (QED) is 0.0420. The normalized spacial score (nSPS) is 13.6. The molecule has 0 aromatic heterocycles. The van der Waals surface area contributed by atoms with Crippen molar-refractivity contribution in [1.82, 2.24) is 5.32 Å². The van der Waals surface area contributed by atoms with Crippen LogP contribution in [-0.4, -0.2) is 34.9 Å². The number of nitrogens with one attached hydrogen (secondary N) is 1. The average Bonchev–Trinajstić information content (AvgIpc) is 3.45. The van der Waals surface area contributed by atoms with Crippen molar-refractivity contribution in [3.63, 3.8) is 0 Å². The first-order chi connectivity index (χ1) is 39.2. The predicted octanol–water partition coefficient (Wildman–Crippen LogP) is 23.3. The number of carbonyl (C=O) groups is 1. The number of allylic oxidation sites excluding steroid dienone is 22. The van der Waals surface area contributed by atoms with Crippen LogP contribution in [0.2, 0.25) is 0 Å². The third kappa shape index (κ3) is 65.2. The van der Waals surface area contributed by atoms with Crippen LogP contribution < -0.4 is 5.32 Å². The molecule has 79 heavy (non-hydrogen) atoms. The largest absolute Gasteiger partial charge is 0.394 e. The van der Waals surface area contributed by atoms with Gasteiger partial charge in [0.15, 0.2) is 0 Å². The lowest BCUT2D eigenvalue weighted by atomic mass is 10.0. The first-order valence-corrected chi connectivity index (χ1v) is 33.9. The zero-order valence-corrected chi connectivity index (χ0v) is 52.1. The molecule has 0 saturated carbocycles. The maximum absolute atomic E-state index is 12.5. The van der Waals surface area contributed by atoms with E-state index in [1.165, 1.54) is 180 Å². The number of amides is 1. The Hall–Kier alpha value is -3.47. The third-order valence-electron chi connectivity index (χ3n) is 14.9. The summed E-state index contributed by atoms with van der Waals surface area (Å²) in [7, 11) is 0. The molecule has 4 heteroatoms. The molecule has 2 atom stereocenters. The van der Waals surface area contributed by atoms with E-state index >= 15 is 0 Å². The van der Waals surface area contributed by atoms with Gasteiger partial charge in [-0.15, -0.1) is 0 Å². The van der Waals surface area contributed by atoms with Gasteiger partial charge in [-0.3, -0.25) is 4.79 Å². The highest BCUT2D eigenvalue weighted by atomic mass is 16.3. The van der Waals surface area contributed by atoms with Gasteiger partial charge in [-0.05, 0) is 96.3 Å². The number of hydrogen-bond donors (Lipinski definition) is 3. The van der Waals surface area contributed by atoms with Gasteiger partial charge in [0.2, 0.25) is 5.91 Å². The predicted molar refractivity (Wildman–Crippen MR) is 354 cm³/mol. The van der Waals surface area contributed by atoms with Gasteiger partial charge in [0, 0.05) is 6.42 Å². The molecule has 0 bridgehead atoms. The standard InChI is InChI=1S/C75H129NO3/c1-3-5-7-9-11-13-15-17-19-21-23-25-27-29-31-33-35-36-37-38-39-40-41-43-45-47-49-51-53-55-57-59-61-63-65-67-69-71-75(79)76-73(72-77)74(78)70-68-66-64-62-60-58-56-54-52-50-48-46-44-42-34-32-30-28-26-24-22-20-18-16-14-12-10-8-6-4-2/h5,7,11,13,17,19,23,25,29,31,35-36,38-39,41,43,47,49,53,55,59,61,73-74,77-78H,3-4,6,8-10,12,14-16,18,20-22,24,26-28,30,32-34,37,40,42,44-46,48,50-52,54,56-58,60,62-72H2,1-2H3,(H,76,79)/b7-5-,13-11-,19-17-,25-23-,31-29-,36-35-,39-38-,43-41-,49-47-,55-53-,61-59-. The Labute approximate surface area is 491 Å². The summed E-state index contributed by atoms with van der Waals surface area (Å²) in [5.74, 6) is -0.0647. The molecule has 0 aliphatic heterocycles. The molecule has 452 valence electrons. The number of aliphatic hydroxyl groups is 2. The fraction of sp³-hybridized carbons (Fsp3) is 0.693. The summed E-state index contributed by atoms with van der Waals surface area (Å²) in [6.07, 6.45) is 106. The second-order valence-corrected chi connectivity index (χ2v) is 22.5. The summed E-state index contributed by atoms with van der Waals surface area (Å²) in [5, 5.41) is 23.4. The Morgan fingerprint density at radius 2 is 0.557 bits per heavy atom. The number of hydrogen-bond acceptors (Lipinski definition) is 3. The van der Waals surface area contributed by atoms with Gasteiger partial charge < -0.3 is 15.5 Å². The lowest BCUT2D eigenvalue weighted by molar-refractivity contribution is -0.123. The van der Waals surface area contributed by atoms with Crippen LogP contribution in [0.15, 0.2) is 134 Å². The molecule has 0 heterocycles. The Morgan fingerprint density at radius 1 is 0.316 bits per heavy atom. The molecule has 0 aromatic rings. The average molecular weight is 1090 g/mol. The topological polar surface area (TPSA) is 69.6 Å². The van der Waals surface area contributed by atoms with E-state index in [4.69, 9.17) is 0 Å². The van der Waals surface area contributed by atoms with Crippen LogP contribution in [0, 0.1) is 0 Å². The van der Waals surface area contributed by atoms with Crippen molar-refractivity contribution in [2.45, 2.75) is 328 Å². The second kappa shape index (κ2) is 68.8. The summed E-state index contributed by atoms with van der Waals surface area (Å²) >= 11 is 0. The summed E-state index contributed by atoms with van der Waals surface area (Å²) in [4.78, 5) is 12.5. The summed E-state index contributed by atoms with van der Waals surface area (Å²) in [6, 6.07) is -0.567. The van der Waals surface area contributed by atoms with Crippen molar-refractivity contribution >= 4 is 5.91 Å². The van der Waals surface area contributed by atoms with E-state index in [0.29, 0.717) is 12.8 Å². The van der Waals surface area contributed by atoms with Crippen LogP contribution in [0.3, 0.4) is 0 Å². The highest BCUT2D eigenvalue weighted by Crippen LogP contribution is 2.18. The number of unbranched alkanes of at least 4 members (excludes halogenated alkanes) is 32. The molecule has 0 aliphatic carbocycles. The van der Waals surface area contributed by atoms with E-state index in [9.17, 15) is 15.0 Å². The van der Waals surface area contributed by atoms with Gasteiger partial charge >= 0.3 is 0 Å². The lowest BCUT2D eigenvalue weighted by Gasteiger charge is -2.22. The van der Waals surface area contributed by atoms with Crippen molar-refractivity contribution in [2.75, 3.05) is 6.61 Å². The summed E-state index contributed by atoms with van der Waals surface area (Å²) < 4.78 is 0. The molecule has 0 spiro atoms. The van der Waals surface area contributed by atoms with Crippen molar-refractivity contribution in [3.8, 4) is 0 Å². The van der Waals surface area contributed by atoms with Crippen molar-refractivity contribution in [1.29, 1.82) is 0 Å². The minimum Gasteiger partial charge on any atom is -0.394 e. The maximum atomic E-state index is 12.5. The molecular formula is C75H129NO3. The molecule has 0 radical (unpaired) electrons. The Morgan fingerprint density at radius 3 is 0.823 bits per heavy atom. The van der Waals surface area contributed by atoms with Crippen LogP contribution >= 0.6 is 0 Å². The molecule has 1 amide bonds. The number of carbonyl (C=O) groups excluding carboxylic acids is 1. The fourth-order valence-electron chi connectivity index (χ4n) is 9.84. The first-order valence-electron chi connectivity index (χ1n) is 33.9. The minimum absolute atomic E-state index is 0.0647. The van der Waals surface area contributed by atoms with Crippen molar-refractivity contribution in [3.05, 3.63) is 134 Å². The van der Waals surface area contributed by atoms with E-state index < -0.39 is 12.1 Å². The minimum atomic E-state index is -0.686. The summed E-state index contributed by atoms with van der Waals surface area (Å²) in [5.41, 5.74) is 0. The highest BCUT2D eigenvalue weighted by Gasteiger charge is 2.20. The Kier molecular flexibility index (Phi) is 65.8. The smallest absolute Gasteiger partial charge is 0.220 e. The van der Waals surface area contributed by atoms with Crippen LogP contribution in [0.5, 0.6) is 0 Å². The van der Waals surface area contributed by atoms with Crippen molar-refractivity contribution in [2.24, 2.45) is 0 Å². The van der Waals surface area contributed by atoms with E-state index in [2.05, 4.69) is 153 Å². The molecule has 2 unspecified atom stereocenters. The molecule has 0 aliphatic rings. The SMILES string of the molecule is CC/C=C\C/C=C\C/C=C\C/C=C\C/C=C\C/C=C\C/C=C\C/C=C\C/C=C\C/C=C\C/C=C\CCCCCC(=O)NC(CO)C(O)CCCCCCCCCCCCCCCCCCCCCCCCCCCCCCCC. The second-order valence-electron chi connectivity index (χ2n) is 22.5. The third-order valence-corrected chi connectivity index (χ3v) is 14.9.